The monoisotopic (exact) mass is 311 g/mol. The van der Waals surface area contributed by atoms with Gasteiger partial charge in [0.25, 0.3) is 0 Å². The second-order valence-corrected chi connectivity index (χ2v) is 4.26. The highest BCUT2D eigenvalue weighted by Crippen LogP contribution is 2.24. The minimum atomic E-state index is -1.60. The van der Waals surface area contributed by atoms with Crippen LogP contribution in [0, 0.1) is 17.5 Å². The Balaban J connectivity index is 2.18. The summed E-state index contributed by atoms with van der Waals surface area (Å²) in [6.45, 7) is 0. The van der Waals surface area contributed by atoms with E-state index in [-0.39, 0.29) is 22.6 Å². The van der Waals surface area contributed by atoms with Crippen LogP contribution in [0.5, 0.6) is 0 Å². The predicted molar refractivity (Wildman–Crippen MR) is 67.3 cm³/mol. The van der Waals surface area contributed by atoms with Crippen molar-refractivity contribution in [3.05, 3.63) is 53.6 Å². The van der Waals surface area contributed by atoms with Gasteiger partial charge in [0.1, 0.15) is 6.33 Å². The third-order valence-corrected chi connectivity index (χ3v) is 2.78. The molecule has 21 heavy (non-hydrogen) atoms. The quantitative estimate of drug-likeness (QED) is 0.683. The zero-order valence-corrected chi connectivity index (χ0v) is 10.9. The number of nitrogens with zero attached hydrogens (tertiary/aromatic N) is 5. The number of rotatable bonds is 2. The van der Waals surface area contributed by atoms with E-state index in [2.05, 4.69) is 19.9 Å². The zero-order chi connectivity index (χ0) is 15.0. The smallest absolute Gasteiger partial charge is 0.239 e. The van der Waals surface area contributed by atoms with Gasteiger partial charge in [-0.2, -0.15) is 15.0 Å². The normalized spacial score (nSPS) is 10.9. The van der Waals surface area contributed by atoms with Crippen LogP contribution < -0.4 is 0 Å². The Bertz CT molecular complexity index is 807. The lowest BCUT2D eigenvalue weighted by atomic mass is 10.2. The summed E-state index contributed by atoms with van der Waals surface area (Å²) in [6.07, 6.45) is 4.42. The van der Waals surface area contributed by atoms with Gasteiger partial charge in [0, 0.05) is 12.4 Å². The molecule has 3 rings (SSSR count). The standard InChI is InChI=1S/C12H5ClF3N5/c13-11-18-10(6-1-2-7(14)9(16)8(6)15)19-12(20-11)21-4-3-17-5-21/h1-5H. The number of benzene rings is 1. The first-order valence-electron chi connectivity index (χ1n) is 5.60. The summed E-state index contributed by atoms with van der Waals surface area (Å²) in [4.78, 5) is 15.3. The second kappa shape index (κ2) is 5.13. The van der Waals surface area contributed by atoms with E-state index in [4.69, 9.17) is 11.6 Å². The van der Waals surface area contributed by atoms with Crippen molar-refractivity contribution in [2.24, 2.45) is 0 Å². The van der Waals surface area contributed by atoms with Crippen LogP contribution in [0.4, 0.5) is 13.2 Å². The van der Waals surface area contributed by atoms with Crippen LogP contribution in [0.2, 0.25) is 5.28 Å². The van der Waals surface area contributed by atoms with E-state index in [1.54, 1.807) is 0 Å². The maximum atomic E-state index is 13.8. The van der Waals surface area contributed by atoms with E-state index in [1.165, 1.54) is 23.3 Å². The minimum absolute atomic E-state index is 0.0756. The van der Waals surface area contributed by atoms with Gasteiger partial charge >= 0.3 is 0 Å². The summed E-state index contributed by atoms with van der Waals surface area (Å²) in [6, 6.07) is 1.80. The Morgan fingerprint density at radius 2 is 1.81 bits per heavy atom. The lowest BCUT2D eigenvalue weighted by molar-refractivity contribution is 0.448. The fourth-order valence-corrected chi connectivity index (χ4v) is 1.81. The Hall–Kier alpha value is -2.48. The summed E-state index contributed by atoms with van der Waals surface area (Å²) in [5, 5.41) is -0.215. The molecule has 106 valence electrons. The van der Waals surface area contributed by atoms with Gasteiger partial charge in [-0.3, -0.25) is 4.57 Å². The van der Waals surface area contributed by atoms with Crippen molar-refractivity contribution < 1.29 is 13.2 Å². The van der Waals surface area contributed by atoms with Crippen molar-refractivity contribution >= 4 is 11.6 Å². The first-order chi connectivity index (χ1) is 10.1. The molecule has 0 radical (unpaired) electrons. The van der Waals surface area contributed by atoms with Gasteiger partial charge in [-0.1, -0.05) is 0 Å². The highest BCUT2D eigenvalue weighted by Gasteiger charge is 2.18. The lowest BCUT2D eigenvalue weighted by Gasteiger charge is -2.06. The molecule has 0 fully saturated rings. The fraction of sp³-hybridized carbons (Fsp3) is 0. The Kier molecular flexibility index (Phi) is 3.30. The molecule has 0 atom stereocenters. The van der Waals surface area contributed by atoms with Crippen molar-refractivity contribution in [3.8, 4) is 17.3 Å². The van der Waals surface area contributed by atoms with Crippen LogP contribution in [0.3, 0.4) is 0 Å². The van der Waals surface area contributed by atoms with Crippen molar-refractivity contribution in [3.63, 3.8) is 0 Å². The van der Waals surface area contributed by atoms with E-state index in [9.17, 15) is 13.2 Å². The maximum Gasteiger partial charge on any atom is 0.239 e. The Morgan fingerprint density at radius 3 is 2.52 bits per heavy atom. The van der Waals surface area contributed by atoms with E-state index < -0.39 is 17.5 Å². The summed E-state index contributed by atoms with van der Waals surface area (Å²) in [7, 11) is 0. The molecule has 0 spiro atoms. The molecule has 1 aromatic carbocycles. The van der Waals surface area contributed by atoms with Crippen LogP contribution in [0.15, 0.2) is 30.9 Å². The number of aromatic nitrogens is 5. The Labute approximate surface area is 121 Å². The van der Waals surface area contributed by atoms with E-state index in [0.717, 1.165) is 12.1 Å². The Morgan fingerprint density at radius 1 is 1.00 bits per heavy atom. The molecule has 3 aromatic rings. The van der Waals surface area contributed by atoms with Crippen LogP contribution in [0.1, 0.15) is 0 Å². The van der Waals surface area contributed by atoms with Crippen LogP contribution >= 0.6 is 11.6 Å². The van der Waals surface area contributed by atoms with Crippen molar-refractivity contribution in [2.75, 3.05) is 0 Å². The molecule has 0 saturated carbocycles. The zero-order valence-electron chi connectivity index (χ0n) is 10.1. The third kappa shape index (κ3) is 2.45. The average molecular weight is 312 g/mol. The summed E-state index contributed by atoms with van der Waals surface area (Å²) >= 11 is 5.75. The van der Waals surface area contributed by atoms with Gasteiger partial charge in [0.05, 0.1) is 5.56 Å². The number of hydrogen-bond donors (Lipinski definition) is 0. The topological polar surface area (TPSA) is 56.5 Å². The first-order valence-corrected chi connectivity index (χ1v) is 5.98. The van der Waals surface area contributed by atoms with E-state index in [1.807, 2.05) is 0 Å². The molecular formula is C12H5ClF3N5. The molecule has 2 heterocycles. The number of halogens is 4. The van der Waals surface area contributed by atoms with Crippen LogP contribution in [-0.2, 0) is 0 Å². The van der Waals surface area contributed by atoms with Gasteiger partial charge in [-0.15, -0.1) is 0 Å². The maximum absolute atomic E-state index is 13.8. The van der Waals surface area contributed by atoms with Crippen molar-refractivity contribution in [2.45, 2.75) is 0 Å². The number of imidazole rings is 1. The van der Waals surface area contributed by atoms with Crippen molar-refractivity contribution in [1.29, 1.82) is 0 Å². The fourth-order valence-electron chi connectivity index (χ4n) is 1.65. The largest absolute Gasteiger partial charge is 0.274 e. The molecule has 9 heteroatoms. The third-order valence-electron chi connectivity index (χ3n) is 2.61. The van der Waals surface area contributed by atoms with Crippen molar-refractivity contribution in [1.82, 2.24) is 24.5 Å². The average Bonchev–Trinajstić information content (AvgIpc) is 2.98. The van der Waals surface area contributed by atoms with Gasteiger partial charge < -0.3 is 0 Å². The van der Waals surface area contributed by atoms with Crippen LogP contribution in [-0.4, -0.2) is 24.5 Å². The SMILES string of the molecule is Fc1ccc(-c2nc(Cl)nc(-n3ccnc3)n2)c(F)c1F. The van der Waals surface area contributed by atoms with Gasteiger partial charge in [-0.25, -0.2) is 18.2 Å². The molecule has 5 nitrogen and oxygen atoms in total. The molecule has 0 aliphatic rings. The molecule has 0 aliphatic carbocycles. The molecule has 0 bridgehead atoms. The molecular weight excluding hydrogens is 307 g/mol. The first kappa shape index (κ1) is 13.5. The molecule has 0 amide bonds. The molecule has 2 aromatic heterocycles. The summed E-state index contributed by atoms with van der Waals surface area (Å²) in [5.74, 6) is -4.44. The minimum Gasteiger partial charge on any atom is -0.274 e. The van der Waals surface area contributed by atoms with Crippen LogP contribution in [0.25, 0.3) is 17.3 Å². The molecule has 0 N–H and O–H groups in total. The highest BCUT2D eigenvalue weighted by atomic mass is 35.5. The van der Waals surface area contributed by atoms with Gasteiger partial charge in [0.2, 0.25) is 11.2 Å². The van der Waals surface area contributed by atoms with Gasteiger partial charge in [0.15, 0.2) is 23.3 Å². The van der Waals surface area contributed by atoms with Gasteiger partial charge in [-0.05, 0) is 23.7 Å². The molecule has 0 unspecified atom stereocenters. The number of hydrogen-bond acceptors (Lipinski definition) is 4. The second-order valence-electron chi connectivity index (χ2n) is 3.92. The molecule has 0 aliphatic heterocycles. The van der Waals surface area contributed by atoms with E-state index >= 15 is 0 Å². The molecule has 0 saturated heterocycles. The lowest BCUT2D eigenvalue weighted by Crippen LogP contribution is -2.04. The predicted octanol–water partition coefficient (Wildman–Crippen LogP) is 2.79. The summed E-state index contributed by atoms with van der Waals surface area (Å²) < 4.78 is 41.4. The summed E-state index contributed by atoms with van der Waals surface area (Å²) in [5.41, 5.74) is -0.320. The highest BCUT2D eigenvalue weighted by molar-refractivity contribution is 6.28. The van der Waals surface area contributed by atoms with E-state index in [0.29, 0.717) is 0 Å².